The molecule has 0 aliphatic carbocycles. The van der Waals surface area contributed by atoms with Gasteiger partial charge in [-0.2, -0.15) is 0 Å². The van der Waals surface area contributed by atoms with Crippen LogP contribution in [-0.2, 0) is 16.4 Å². The van der Waals surface area contributed by atoms with Gasteiger partial charge in [-0.25, -0.2) is 8.42 Å². The predicted octanol–water partition coefficient (Wildman–Crippen LogP) is 2.83. The topological polar surface area (TPSA) is 63.7 Å². The third-order valence-corrected chi connectivity index (χ3v) is 6.44. The van der Waals surface area contributed by atoms with E-state index >= 15 is 0 Å². The van der Waals surface area contributed by atoms with Crippen molar-refractivity contribution in [1.82, 2.24) is 4.90 Å². The largest absolute Gasteiger partial charge is 0.497 e. The summed E-state index contributed by atoms with van der Waals surface area (Å²) in [6.45, 7) is 2.31. The van der Waals surface area contributed by atoms with Gasteiger partial charge in [0.15, 0.2) is 9.84 Å². The normalized spacial score (nSPS) is 18.5. The summed E-state index contributed by atoms with van der Waals surface area (Å²) in [6, 6.07) is 14.6. The summed E-state index contributed by atoms with van der Waals surface area (Å²) in [5.74, 6) is 0.777. The molecule has 2 aromatic carbocycles. The lowest BCUT2D eigenvalue weighted by Gasteiger charge is -2.28. The van der Waals surface area contributed by atoms with Gasteiger partial charge in [0.1, 0.15) is 5.75 Å². The molecule has 26 heavy (non-hydrogen) atoms. The van der Waals surface area contributed by atoms with E-state index in [4.69, 9.17) is 4.74 Å². The summed E-state index contributed by atoms with van der Waals surface area (Å²) in [7, 11) is -1.48. The van der Waals surface area contributed by atoms with Gasteiger partial charge in [-0.15, -0.1) is 0 Å². The van der Waals surface area contributed by atoms with Crippen molar-refractivity contribution in [2.45, 2.75) is 25.9 Å². The smallest absolute Gasteiger partial charge is 0.254 e. The van der Waals surface area contributed by atoms with Crippen molar-refractivity contribution >= 4 is 15.7 Å². The fraction of sp³-hybridized carbons (Fsp3) is 0.350. The molecule has 1 aliphatic heterocycles. The molecule has 1 amide bonds. The van der Waals surface area contributed by atoms with Crippen molar-refractivity contribution in [2.75, 3.05) is 18.6 Å². The Hall–Kier alpha value is -2.34. The second kappa shape index (κ2) is 7.50. The van der Waals surface area contributed by atoms with E-state index in [1.807, 2.05) is 49.4 Å². The number of sulfone groups is 1. The van der Waals surface area contributed by atoms with E-state index in [1.54, 1.807) is 18.1 Å². The maximum Gasteiger partial charge on any atom is 0.254 e. The first-order chi connectivity index (χ1) is 12.4. The lowest BCUT2D eigenvalue weighted by atomic mass is 10.1. The molecule has 5 nitrogen and oxygen atoms in total. The highest BCUT2D eigenvalue weighted by Gasteiger charge is 2.35. The number of carbonyl (C=O) groups is 1. The molecule has 0 radical (unpaired) electrons. The summed E-state index contributed by atoms with van der Waals surface area (Å²) >= 11 is 0. The van der Waals surface area contributed by atoms with E-state index in [2.05, 4.69) is 0 Å². The van der Waals surface area contributed by atoms with Crippen LogP contribution < -0.4 is 4.74 Å². The van der Waals surface area contributed by atoms with Crippen LogP contribution in [0.25, 0.3) is 0 Å². The molecule has 2 aromatic rings. The Bertz CT molecular complexity index is 890. The Labute approximate surface area is 154 Å². The fourth-order valence-corrected chi connectivity index (χ4v) is 4.99. The third kappa shape index (κ3) is 4.25. The number of hydrogen-bond acceptors (Lipinski definition) is 4. The summed E-state index contributed by atoms with van der Waals surface area (Å²) in [4.78, 5) is 14.8. The van der Waals surface area contributed by atoms with Crippen molar-refractivity contribution in [2.24, 2.45) is 0 Å². The van der Waals surface area contributed by atoms with E-state index in [0.29, 0.717) is 18.5 Å². The van der Waals surface area contributed by atoms with Crippen LogP contribution >= 0.6 is 0 Å². The van der Waals surface area contributed by atoms with Gasteiger partial charge in [-0.3, -0.25) is 4.79 Å². The van der Waals surface area contributed by atoms with Gasteiger partial charge in [-0.05, 0) is 43.2 Å². The van der Waals surface area contributed by atoms with Crippen LogP contribution in [0.2, 0.25) is 0 Å². The van der Waals surface area contributed by atoms with Gasteiger partial charge in [-0.1, -0.05) is 29.8 Å². The van der Waals surface area contributed by atoms with E-state index < -0.39 is 9.84 Å². The molecule has 1 atom stereocenters. The van der Waals surface area contributed by atoms with Gasteiger partial charge in [0.25, 0.3) is 5.91 Å². The van der Waals surface area contributed by atoms with Gasteiger partial charge in [0, 0.05) is 18.2 Å². The third-order valence-electron chi connectivity index (χ3n) is 4.69. The molecule has 0 aromatic heterocycles. The monoisotopic (exact) mass is 373 g/mol. The molecule has 0 saturated carbocycles. The van der Waals surface area contributed by atoms with Gasteiger partial charge >= 0.3 is 0 Å². The molecule has 1 saturated heterocycles. The van der Waals surface area contributed by atoms with Crippen LogP contribution in [0, 0.1) is 6.92 Å². The van der Waals surface area contributed by atoms with Crippen molar-refractivity contribution < 1.29 is 17.9 Å². The number of ether oxygens (including phenoxy) is 1. The Balaban J connectivity index is 1.89. The van der Waals surface area contributed by atoms with Crippen molar-refractivity contribution in [3.05, 3.63) is 65.2 Å². The number of methoxy groups -OCH3 is 1. The number of hydrogen-bond donors (Lipinski definition) is 0. The van der Waals surface area contributed by atoms with Crippen molar-refractivity contribution in [1.29, 1.82) is 0 Å². The molecule has 3 rings (SSSR count). The van der Waals surface area contributed by atoms with Gasteiger partial charge < -0.3 is 9.64 Å². The summed E-state index contributed by atoms with van der Waals surface area (Å²) < 4.78 is 29.1. The Morgan fingerprint density at radius 2 is 1.92 bits per heavy atom. The van der Waals surface area contributed by atoms with Crippen LogP contribution in [0.3, 0.4) is 0 Å². The molecule has 1 aliphatic rings. The molecule has 0 N–H and O–H groups in total. The molecule has 0 bridgehead atoms. The standard InChI is InChI=1S/C20H23NO4S/c1-15-4-3-5-17(12-15)20(22)21(18-10-11-26(23,24)14-18)13-16-6-8-19(25-2)9-7-16/h3-9,12,18H,10-11,13-14H2,1-2H3. The molecule has 0 spiro atoms. The van der Waals surface area contributed by atoms with E-state index in [9.17, 15) is 13.2 Å². The molecule has 1 heterocycles. The maximum absolute atomic E-state index is 13.1. The number of aryl methyl sites for hydroxylation is 1. The van der Waals surface area contributed by atoms with Crippen molar-refractivity contribution in [3.8, 4) is 5.75 Å². The lowest BCUT2D eigenvalue weighted by molar-refractivity contribution is 0.0681. The Kier molecular flexibility index (Phi) is 5.32. The molecular formula is C20H23NO4S. The minimum absolute atomic E-state index is 0.0285. The first-order valence-electron chi connectivity index (χ1n) is 8.59. The van der Waals surface area contributed by atoms with Crippen LogP contribution in [0.5, 0.6) is 5.75 Å². The van der Waals surface area contributed by atoms with E-state index in [-0.39, 0.29) is 23.5 Å². The molecule has 138 valence electrons. The average Bonchev–Trinajstić information content (AvgIpc) is 2.99. The van der Waals surface area contributed by atoms with Crippen LogP contribution in [0.1, 0.15) is 27.9 Å². The molecular weight excluding hydrogens is 350 g/mol. The zero-order chi connectivity index (χ0) is 18.7. The quantitative estimate of drug-likeness (QED) is 0.808. The summed E-state index contributed by atoms with van der Waals surface area (Å²) in [6.07, 6.45) is 0.482. The fourth-order valence-electron chi connectivity index (χ4n) is 3.26. The van der Waals surface area contributed by atoms with Crippen molar-refractivity contribution in [3.63, 3.8) is 0 Å². The number of rotatable bonds is 5. The van der Waals surface area contributed by atoms with Gasteiger partial charge in [0.05, 0.1) is 18.6 Å². The number of nitrogens with zero attached hydrogens (tertiary/aromatic N) is 1. The van der Waals surface area contributed by atoms with Crippen LogP contribution in [-0.4, -0.2) is 43.9 Å². The predicted molar refractivity (Wildman–Crippen MR) is 101 cm³/mol. The lowest BCUT2D eigenvalue weighted by Crippen LogP contribution is -2.40. The first-order valence-corrected chi connectivity index (χ1v) is 10.4. The van der Waals surface area contributed by atoms with Gasteiger partial charge in [0.2, 0.25) is 0 Å². The summed E-state index contributed by atoms with van der Waals surface area (Å²) in [5, 5.41) is 0. The number of carbonyl (C=O) groups excluding carboxylic acids is 1. The second-order valence-electron chi connectivity index (χ2n) is 6.71. The highest BCUT2D eigenvalue weighted by Crippen LogP contribution is 2.23. The minimum Gasteiger partial charge on any atom is -0.497 e. The molecule has 1 fully saturated rings. The second-order valence-corrected chi connectivity index (χ2v) is 8.94. The Morgan fingerprint density at radius 3 is 2.50 bits per heavy atom. The average molecular weight is 373 g/mol. The molecule has 6 heteroatoms. The minimum atomic E-state index is -3.08. The summed E-state index contributed by atoms with van der Waals surface area (Å²) in [5.41, 5.74) is 2.53. The SMILES string of the molecule is COc1ccc(CN(C(=O)c2cccc(C)c2)C2CCS(=O)(=O)C2)cc1. The Morgan fingerprint density at radius 1 is 1.19 bits per heavy atom. The highest BCUT2D eigenvalue weighted by molar-refractivity contribution is 7.91. The zero-order valence-corrected chi connectivity index (χ0v) is 15.8. The maximum atomic E-state index is 13.1. The first kappa shape index (κ1) is 18.5. The van der Waals surface area contributed by atoms with E-state index in [1.165, 1.54) is 0 Å². The van der Waals surface area contributed by atoms with E-state index in [0.717, 1.165) is 16.9 Å². The molecule has 1 unspecified atom stereocenters. The van der Waals surface area contributed by atoms with Crippen LogP contribution in [0.4, 0.5) is 0 Å². The zero-order valence-electron chi connectivity index (χ0n) is 15.0. The number of amides is 1. The van der Waals surface area contributed by atoms with Crippen LogP contribution in [0.15, 0.2) is 48.5 Å². The highest BCUT2D eigenvalue weighted by atomic mass is 32.2. The number of benzene rings is 2.